The van der Waals surface area contributed by atoms with Crippen molar-refractivity contribution in [1.29, 1.82) is 0 Å². The number of hydrogen-bond acceptors (Lipinski definition) is 2. The molecule has 1 aromatic carbocycles. The number of halogens is 2. The lowest BCUT2D eigenvalue weighted by Gasteiger charge is -2.21. The molecule has 0 aliphatic carbocycles. The maximum absolute atomic E-state index is 13.6. The van der Waals surface area contributed by atoms with Crippen LogP contribution in [0.5, 0.6) is 0 Å². The minimum Gasteiger partial charge on any atom is -0.378 e. The Balaban J connectivity index is 0.00000529. The van der Waals surface area contributed by atoms with Gasteiger partial charge in [-0.1, -0.05) is 32.0 Å². The van der Waals surface area contributed by atoms with Crippen molar-refractivity contribution >= 4 is 29.9 Å². The van der Waals surface area contributed by atoms with E-state index in [-0.39, 0.29) is 35.9 Å². The van der Waals surface area contributed by atoms with Crippen molar-refractivity contribution < 1.29 is 9.13 Å². The second kappa shape index (κ2) is 13.4. The summed E-state index contributed by atoms with van der Waals surface area (Å²) in [5.41, 5.74) is 0.596. The molecule has 0 saturated carbocycles. The Labute approximate surface area is 162 Å². The Kier molecular flexibility index (Phi) is 12.9. The van der Waals surface area contributed by atoms with Crippen LogP contribution < -0.4 is 10.6 Å². The van der Waals surface area contributed by atoms with Crippen LogP contribution in [0.1, 0.15) is 39.7 Å². The molecule has 0 aliphatic rings. The minimum atomic E-state index is -0.219. The smallest absolute Gasteiger partial charge is 0.191 e. The van der Waals surface area contributed by atoms with Crippen LogP contribution in [0.15, 0.2) is 29.3 Å². The first-order valence-corrected chi connectivity index (χ1v) is 8.45. The topological polar surface area (TPSA) is 45.7 Å². The number of aliphatic imine (C=N–C) groups is 1. The first-order valence-electron chi connectivity index (χ1n) is 8.45. The second-order valence-electron chi connectivity index (χ2n) is 5.74. The molecule has 0 amide bonds. The highest BCUT2D eigenvalue weighted by atomic mass is 127. The summed E-state index contributed by atoms with van der Waals surface area (Å²) < 4.78 is 19.4. The Morgan fingerprint density at radius 3 is 2.50 bits per heavy atom. The van der Waals surface area contributed by atoms with Crippen LogP contribution in [0.4, 0.5) is 4.39 Å². The summed E-state index contributed by atoms with van der Waals surface area (Å²) >= 11 is 0. The van der Waals surface area contributed by atoms with Gasteiger partial charge < -0.3 is 15.4 Å². The zero-order chi connectivity index (χ0) is 17.1. The average Bonchev–Trinajstić information content (AvgIpc) is 2.52. The summed E-state index contributed by atoms with van der Waals surface area (Å²) in [6.07, 6.45) is 1.15. The van der Waals surface area contributed by atoms with Gasteiger partial charge in [0.2, 0.25) is 0 Å². The summed E-state index contributed by atoms with van der Waals surface area (Å²) in [5, 5.41) is 6.47. The third-order valence-electron chi connectivity index (χ3n) is 3.56. The minimum absolute atomic E-state index is 0. The molecule has 0 bridgehead atoms. The van der Waals surface area contributed by atoms with Crippen molar-refractivity contribution in [2.75, 3.05) is 19.7 Å². The lowest BCUT2D eigenvalue weighted by Crippen LogP contribution is -2.39. The maximum Gasteiger partial charge on any atom is 0.191 e. The van der Waals surface area contributed by atoms with E-state index in [1.165, 1.54) is 6.07 Å². The fourth-order valence-electron chi connectivity index (χ4n) is 2.29. The zero-order valence-electron chi connectivity index (χ0n) is 15.1. The summed E-state index contributed by atoms with van der Waals surface area (Å²) in [6, 6.07) is 6.72. The highest BCUT2D eigenvalue weighted by molar-refractivity contribution is 14.0. The van der Waals surface area contributed by atoms with Crippen molar-refractivity contribution in [2.24, 2.45) is 10.9 Å². The molecule has 0 radical (unpaired) electrons. The van der Waals surface area contributed by atoms with Gasteiger partial charge in [0.25, 0.3) is 0 Å². The molecule has 0 fully saturated rings. The van der Waals surface area contributed by atoms with E-state index in [1.807, 2.05) is 19.9 Å². The molecule has 0 aromatic heterocycles. The molecule has 1 atom stereocenters. The van der Waals surface area contributed by atoms with Gasteiger partial charge in [0.1, 0.15) is 5.82 Å². The molecule has 2 N–H and O–H groups in total. The molecule has 0 heterocycles. The van der Waals surface area contributed by atoms with Crippen molar-refractivity contribution in [2.45, 2.75) is 46.8 Å². The molecular weight excluding hydrogens is 420 g/mol. The number of rotatable bonds is 9. The van der Waals surface area contributed by atoms with E-state index in [0.717, 1.165) is 26.1 Å². The maximum atomic E-state index is 13.6. The molecule has 24 heavy (non-hydrogen) atoms. The first-order chi connectivity index (χ1) is 11.1. The third-order valence-corrected chi connectivity index (χ3v) is 3.56. The summed E-state index contributed by atoms with van der Waals surface area (Å²) in [6.45, 7) is 10.9. The second-order valence-corrected chi connectivity index (χ2v) is 5.74. The summed E-state index contributed by atoms with van der Waals surface area (Å²) in [4.78, 5) is 4.45. The predicted molar refractivity (Wildman–Crippen MR) is 110 cm³/mol. The van der Waals surface area contributed by atoms with Crippen LogP contribution in [-0.4, -0.2) is 31.8 Å². The van der Waals surface area contributed by atoms with Gasteiger partial charge in [-0.25, -0.2) is 9.38 Å². The van der Waals surface area contributed by atoms with Crippen LogP contribution in [0.2, 0.25) is 0 Å². The quantitative estimate of drug-likeness (QED) is 0.340. The molecule has 1 unspecified atom stereocenters. The normalized spacial score (nSPS) is 12.7. The van der Waals surface area contributed by atoms with Gasteiger partial charge in [0.05, 0.1) is 12.6 Å². The largest absolute Gasteiger partial charge is 0.378 e. The van der Waals surface area contributed by atoms with Crippen molar-refractivity contribution in [1.82, 2.24) is 10.6 Å². The molecule has 1 rings (SSSR count). The summed E-state index contributed by atoms with van der Waals surface area (Å²) in [5.74, 6) is 0.966. The van der Waals surface area contributed by atoms with E-state index < -0.39 is 0 Å². The Hall–Kier alpha value is -0.890. The van der Waals surface area contributed by atoms with E-state index in [9.17, 15) is 4.39 Å². The van der Waals surface area contributed by atoms with Gasteiger partial charge in [0.15, 0.2) is 5.96 Å². The average molecular weight is 451 g/mol. The highest BCUT2D eigenvalue weighted by Crippen LogP contribution is 2.10. The van der Waals surface area contributed by atoms with Crippen LogP contribution >= 0.6 is 24.0 Å². The number of nitrogens with zero attached hydrogens (tertiary/aromatic N) is 1. The monoisotopic (exact) mass is 451 g/mol. The van der Waals surface area contributed by atoms with Crippen molar-refractivity contribution in [3.05, 3.63) is 35.6 Å². The van der Waals surface area contributed by atoms with E-state index >= 15 is 0 Å². The molecule has 0 aliphatic heterocycles. The molecule has 1 aromatic rings. The zero-order valence-corrected chi connectivity index (χ0v) is 17.5. The number of nitrogens with one attached hydrogen (secondary N) is 2. The fourth-order valence-corrected chi connectivity index (χ4v) is 2.29. The molecule has 138 valence electrons. The molecule has 0 saturated heterocycles. The van der Waals surface area contributed by atoms with Crippen LogP contribution in [-0.2, 0) is 11.3 Å². The van der Waals surface area contributed by atoms with Crippen molar-refractivity contribution in [3.8, 4) is 0 Å². The SMILES string of the molecule is CCNC(=NCc1ccccc1F)NCCC(OCC)C(C)C.I. The summed E-state index contributed by atoms with van der Waals surface area (Å²) in [7, 11) is 0. The number of benzene rings is 1. The Morgan fingerprint density at radius 1 is 1.21 bits per heavy atom. The van der Waals surface area contributed by atoms with E-state index in [2.05, 4.69) is 29.5 Å². The van der Waals surface area contributed by atoms with Crippen molar-refractivity contribution in [3.63, 3.8) is 0 Å². The van der Waals surface area contributed by atoms with Gasteiger partial charge in [-0.2, -0.15) is 0 Å². The Bertz CT molecular complexity index is 483. The molecular formula is C18H31FIN3O. The highest BCUT2D eigenvalue weighted by Gasteiger charge is 2.13. The number of guanidine groups is 1. The van der Waals surface area contributed by atoms with E-state index in [1.54, 1.807) is 12.1 Å². The standard InChI is InChI=1S/C18H30FN3O.HI/c1-5-20-18(21-12-11-17(14(3)4)23-6-2)22-13-15-9-7-8-10-16(15)19;/h7-10,14,17H,5-6,11-13H2,1-4H3,(H2,20,21,22);1H. The van der Waals surface area contributed by atoms with E-state index in [0.29, 0.717) is 24.0 Å². The number of hydrogen-bond donors (Lipinski definition) is 2. The molecule has 6 heteroatoms. The van der Waals surface area contributed by atoms with Crippen LogP contribution in [0, 0.1) is 11.7 Å². The van der Waals surface area contributed by atoms with E-state index in [4.69, 9.17) is 4.74 Å². The van der Waals surface area contributed by atoms with Gasteiger partial charge in [0, 0.05) is 25.3 Å². The lowest BCUT2D eigenvalue weighted by atomic mass is 10.0. The van der Waals surface area contributed by atoms with Gasteiger partial charge in [-0.05, 0) is 32.3 Å². The van der Waals surface area contributed by atoms with Crippen LogP contribution in [0.3, 0.4) is 0 Å². The van der Waals surface area contributed by atoms with Gasteiger partial charge >= 0.3 is 0 Å². The molecule has 4 nitrogen and oxygen atoms in total. The third kappa shape index (κ3) is 8.82. The Morgan fingerprint density at radius 2 is 1.92 bits per heavy atom. The molecule has 0 spiro atoms. The fraction of sp³-hybridized carbons (Fsp3) is 0.611. The predicted octanol–water partition coefficient (Wildman–Crippen LogP) is 3.95. The van der Waals surface area contributed by atoms with Gasteiger partial charge in [-0.15, -0.1) is 24.0 Å². The lowest BCUT2D eigenvalue weighted by molar-refractivity contribution is 0.0258. The van der Waals surface area contributed by atoms with Gasteiger partial charge in [-0.3, -0.25) is 0 Å². The first kappa shape index (κ1) is 23.1. The van der Waals surface area contributed by atoms with Crippen LogP contribution in [0.25, 0.3) is 0 Å². The number of ether oxygens (including phenoxy) is 1.